The summed E-state index contributed by atoms with van der Waals surface area (Å²) < 4.78 is 7.02. The Kier molecular flexibility index (Phi) is 5.99. The highest BCUT2D eigenvalue weighted by atomic mass is 16.5. The molecule has 4 nitrogen and oxygen atoms in total. The summed E-state index contributed by atoms with van der Waals surface area (Å²) in [4.78, 5) is 0. The monoisotopic (exact) mass is 313 g/mol. The molecule has 1 fully saturated rings. The van der Waals surface area contributed by atoms with E-state index in [1.165, 1.54) is 18.4 Å². The zero-order valence-electron chi connectivity index (χ0n) is 14.2. The molecule has 1 aliphatic rings. The molecule has 1 aromatic rings. The van der Waals surface area contributed by atoms with Crippen molar-refractivity contribution in [3.63, 3.8) is 0 Å². The van der Waals surface area contributed by atoms with E-state index in [0.29, 0.717) is 18.3 Å². The van der Waals surface area contributed by atoms with Crippen LogP contribution in [0, 0.1) is 5.92 Å². The Morgan fingerprint density at radius 2 is 2.13 bits per heavy atom. The third-order valence-electron chi connectivity index (χ3n) is 3.93. The summed E-state index contributed by atoms with van der Waals surface area (Å²) in [6.45, 7) is 11.6. The van der Waals surface area contributed by atoms with Gasteiger partial charge in [-0.15, -0.1) is 0 Å². The van der Waals surface area contributed by atoms with Gasteiger partial charge in [-0.25, -0.2) is 0 Å². The number of hydrogen-bond donors (Lipinski definition) is 1. The highest BCUT2D eigenvalue weighted by Gasteiger charge is 2.22. The number of rotatable bonds is 9. The predicted octanol–water partition coefficient (Wildman–Crippen LogP) is 4.07. The zero-order chi connectivity index (χ0) is 16.8. The molecular formula is C19H27N3O. The number of nitrogens with two attached hydrogens (primary N) is 1. The van der Waals surface area contributed by atoms with Gasteiger partial charge in [0.1, 0.15) is 0 Å². The number of aryl methyl sites for hydroxylation is 1. The number of anilines is 1. The number of aromatic nitrogens is 2. The summed E-state index contributed by atoms with van der Waals surface area (Å²) in [6, 6.07) is 0. The molecule has 1 aromatic heterocycles. The Morgan fingerprint density at radius 1 is 1.39 bits per heavy atom. The quantitative estimate of drug-likeness (QED) is 0.552. The van der Waals surface area contributed by atoms with Crippen LogP contribution in [0.1, 0.15) is 37.4 Å². The van der Waals surface area contributed by atoms with Crippen LogP contribution in [0.3, 0.4) is 0 Å². The molecule has 0 aromatic carbocycles. The number of hydrogen-bond acceptors (Lipinski definition) is 3. The van der Waals surface area contributed by atoms with Crippen molar-refractivity contribution in [1.29, 1.82) is 0 Å². The van der Waals surface area contributed by atoms with Crippen molar-refractivity contribution < 1.29 is 4.74 Å². The van der Waals surface area contributed by atoms with Crippen molar-refractivity contribution >= 4 is 17.5 Å². The topological polar surface area (TPSA) is 53.1 Å². The molecular weight excluding hydrogens is 286 g/mol. The van der Waals surface area contributed by atoms with E-state index in [2.05, 4.69) is 24.3 Å². The SMILES string of the molecule is C=C(C)c1c(/C=C/C=C/C(=C)C2CC2)c(N)nn1CCCOC. The summed E-state index contributed by atoms with van der Waals surface area (Å²) >= 11 is 0. The first kappa shape index (κ1) is 17.3. The van der Waals surface area contributed by atoms with Crippen LogP contribution in [-0.2, 0) is 11.3 Å². The smallest absolute Gasteiger partial charge is 0.153 e. The van der Waals surface area contributed by atoms with E-state index in [4.69, 9.17) is 10.5 Å². The Labute approximate surface area is 139 Å². The lowest BCUT2D eigenvalue weighted by Crippen LogP contribution is -2.06. The fourth-order valence-corrected chi connectivity index (χ4v) is 2.55. The molecule has 2 rings (SSSR count). The molecule has 0 aliphatic heterocycles. The molecule has 2 N–H and O–H groups in total. The Hall–Kier alpha value is -2.07. The Balaban J connectivity index is 2.12. The summed E-state index contributed by atoms with van der Waals surface area (Å²) in [5.41, 5.74) is 10.2. The second-order valence-corrected chi connectivity index (χ2v) is 6.06. The fourth-order valence-electron chi connectivity index (χ4n) is 2.55. The molecule has 4 heteroatoms. The minimum absolute atomic E-state index is 0.533. The molecule has 0 spiro atoms. The lowest BCUT2D eigenvalue weighted by Gasteiger charge is -2.07. The highest BCUT2D eigenvalue weighted by molar-refractivity contribution is 5.76. The molecule has 0 unspecified atom stereocenters. The maximum absolute atomic E-state index is 6.09. The molecule has 0 radical (unpaired) electrons. The normalized spacial score (nSPS) is 14.9. The largest absolute Gasteiger partial charge is 0.385 e. The van der Waals surface area contributed by atoms with Gasteiger partial charge >= 0.3 is 0 Å². The molecule has 0 bridgehead atoms. The van der Waals surface area contributed by atoms with Crippen LogP contribution >= 0.6 is 0 Å². The third-order valence-corrected chi connectivity index (χ3v) is 3.93. The first-order valence-electron chi connectivity index (χ1n) is 8.09. The van der Waals surface area contributed by atoms with Gasteiger partial charge in [-0.05, 0) is 43.8 Å². The average molecular weight is 313 g/mol. The van der Waals surface area contributed by atoms with Crippen LogP contribution in [0.4, 0.5) is 5.82 Å². The van der Waals surface area contributed by atoms with Crippen LogP contribution in [0.15, 0.2) is 37.0 Å². The summed E-state index contributed by atoms with van der Waals surface area (Å²) in [7, 11) is 1.70. The number of methoxy groups -OCH3 is 1. The van der Waals surface area contributed by atoms with Gasteiger partial charge in [-0.3, -0.25) is 4.68 Å². The lowest BCUT2D eigenvalue weighted by molar-refractivity contribution is 0.189. The first-order valence-corrected chi connectivity index (χ1v) is 8.09. The van der Waals surface area contributed by atoms with Gasteiger partial charge in [-0.2, -0.15) is 5.10 Å². The van der Waals surface area contributed by atoms with Gasteiger partial charge in [0, 0.05) is 25.8 Å². The van der Waals surface area contributed by atoms with Crippen molar-refractivity contribution in [3.05, 3.63) is 48.2 Å². The van der Waals surface area contributed by atoms with E-state index in [0.717, 1.165) is 29.8 Å². The molecule has 23 heavy (non-hydrogen) atoms. The van der Waals surface area contributed by atoms with Crippen molar-refractivity contribution in [1.82, 2.24) is 9.78 Å². The Morgan fingerprint density at radius 3 is 2.74 bits per heavy atom. The molecule has 124 valence electrons. The molecule has 0 saturated heterocycles. The van der Waals surface area contributed by atoms with E-state index in [1.54, 1.807) is 7.11 Å². The van der Waals surface area contributed by atoms with Crippen molar-refractivity contribution in [2.75, 3.05) is 19.5 Å². The average Bonchev–Trinajstić information content (AvgIpc) is 3.29. The van der Waals surface area contributed by atoms with Crippen LogP contribution in [0.2, 0.25) is 0 Å². The lowest BCUT2D eigenvalue weighted by atomic mass is 10.1. The standard InChI is InChI=1S/C19H27N3O/c1-14(2)18-17(9-6-5-8-15(3)16-10-11-16)19(20)21-22(18)12-7-13-23-4/h5-6,8-9,16H,1,3,7,10-13H2,2,4H3,(H2,20,21)/b8-5+,9-6+. The van der Waals surface area contributed by atoms with Crippen LogP contribution in [-0.4, -0.2) is 23.5 Å². The van der Waals surface area contributed by atoms with Gasteiger partial charge in [0.25, 0.3) is 0 Å². The Bertz CT molecular complexity index is 633. The van der Waals surface area contributed by atoms with Gasteiger partial charge in [-0.1, -0.05) is 37.0 Å². The van der Waals surface area contributed by atoms with E-state index in [9.17, 15) is 0 Å². The number of nitrogen functional groups attached to an aromatic ring is 1. The fraction of sp³-hybridized carbons (Fsp3) is 0.421. The van der Waals surface area contributed by atoms with Crippen molar-refractivity contribution in [2.45, 2.75) is 32.7 Å². The predicted molar refractivity (Wildman–Crippen MR) is 97.9 cm³/mol. The first-order chi connectivity index (χ1) is 11.0. The molecule has 0 amide bonds. The highest BCUT2D eigenvalue weighted by Crippen LogP contribution is 2.36. The minimum atomic E-state index is 0.533. The van der Waals surface area contributed by atoms with E-state index in [-0.39, 0.29) is 0 Å². The van der Waals surface area contributed by atoms with E-state index in [1.807, 2.05) is 29.8 Å². The summed E-state index contributed by atoms with van der Waals surface area (Å²) in [5, 5.41) is 4.44. The molecule has 1 saturated carbocycles. The number of allylic oxidation sites excluding steroid dienone is 5. The summed E-state index contributed by atoms with van der Waals surface area (Å²) in [6.07, 6.45) is 11.5. The molecule has 1 heterocycles. The minimum Gasteiger partial charge on any atom is -0.385 e. The molecule has 0 atom stereocenters. The third kappa shape index (κ3) is 4.70. The van der Waals surface area contributed by atoms with Gasteiger partial charge in [0.2, 0.25) is 0 Å². The maximum Gasteiger partial charge on any atom is 0.153 e. The van der Waals surface area contributed by atoms with Crippen molar-refractivity contribution in [3.8, 4) is 0 Å². The van der Waals surface area contributed by atoms with E-state index < -0.39 is 0 Å². The van der Waals surface area contributed by atoms with Crippen molar-refractivity contribution in [2.24, 2.45) is 5.92 Å². The van der Waals surface area contributed by atoms with Crippen LogP contribution in [0.25, 0.3) is 11.6 Å². The van der Waals surface area contributed by atoms with Gasteiger partial charge in [0.15, 0.2) is 5.82 Å². The molecule has 1 aliphatic carbocycles. The van der Waals surface area contributed by atoms with E-state index >= 15 is 0 Å². The summed E-state index contributed by atoms with van der Waals surface area (Å²) in [5.74, 6) is 1.23. The second-order valence-electron chi connectivity index (χ2n) is 6.06. The zero-order valence-corrected chi connectivity index (χ0v) is 14.2. The second kappa shape index (κ2) is 7.97. The van der Waals surface area contributed by atoms with Gasteiger partial charge < -0.3 is 10.5 Å². The van der Waals surface area contributed by atoms with Gasteiger partial charge in [0.05, 0.1) is 5.69 Å². The van der Waals surface area contributed by atoms with Crippen LogP contribution < -0.4 is 5.73 Å². The maximum atomic E-state index is 6.09. The number of ether oxygens (including phenoxy) is 1. The number of nitrogens with zero attached hydrogens (tertiary/aromatic N) is 2. The van der Waals surface area contributed by atoms with Crippen LogP contribution in [0.5, 0.6) is 0 Å².